The van der Waals surface area contributed by atoms with Crippen molar-refractivity contribution < 1.29 is 0 Å². The Labute approximate surface area is 213 Å². The van der Waals surface area contributed by atoms with Gasteiger partial charge in [0.2, 0.25) is 0 Å². The summed E-state index contributed by atoms with van der Waals surface area (Å²) in [6.45, 7) is 12.7. The fraction of sp³-hybridized carbons (Fsp3) is 0.344. The number of thioether (sulfide) groups is 1. The van der Waals surface area contributed by atoms with Crippen molar-refractivity contribution in [3.63, 3.8) is 0 Å². The van der Waals surface area contributed by atoms with E-state index < -0.39 is 0 Å². The fourth-order valence-corrected chi connectivity index (χ4v) is 7.01. The molecule has 0 spiro atoms. The van der Waals surface area contributed by atoms with Gasteiger partial charge in [0.15, 0.2) is 0 Å². The van der Waals surface area contributed by atoms with E-state index in [9.17, 15) is 0 Å². The number of fused-ring (bicyclic) bond motifs is 4. The van der Waals surface area contributed by atoms with Gasteiger partial charge in [0, 0.05) is 46.9 Å². The van der Waals surface area contributed by atoms with Crippen LogP contribution in [0.2, 0.25) is 0 Å². The smallest absolute Gasteiger partial charge is 0.0542 e. The van der Waals surface area contributed by atoms with Gasteiger partial charge >= 0.3 is 0 Å². The molecule has 0 amide bonds. The number of hydrogen-bond acceptors (Lipinski definition) is 2. The second-order valence-corrected chi connectivity index (χ2v) is 12.7. The van der Waals surface area contributed by atoms with Crippen LogP contribution < -0.4 is 0 Å². The highest BCUT2D eigenvalue weighted by Gasteiger charge is 2.39. The van der Waals surface area contributed by atoms with Gasteiger partial charge in [-0.25, -0.2) is 0 Å². The summed E-state index contributed by atoms with van der Waals surface area (Å²) in [7, 11) is 0. The van der Waals surface area contributed by atoms with Crippen LogP contribution in [0.5, 0.6) is 0 Å². The van der Waals surface area contributed by atoms with E-state index in [0.717, 1.165) is 12.3 Å². The molecule has 0 unspecified atom stereocenters. The summed E-state index contributed by atoms with van der Waals surface area (Å²) in [6, 6.07) is 18.3. The molecule has 1 aliphatic carbocycles. The average molecular weight is 479 g/mol. The molecule has 2 nitrogen and oxygen atoms in total. The maximum Gasteiger partial charge on any atom is 0.0542 e. The minimum atomic E-state index is 0.197. The van der Waals surface area contributed by atoms with Crippen LogP contribution in [0.1, 0.15) is 68.4 Å². The Morgan fingerprint density at radius 1 is 0.914 bits per heavy atom. The summed E-state index contributed by atoms with van der Waals surface area (Å²) in [6.07, 6.45) is 8.71. The highest BCUT2D eigenvalue weighted by Crippen LogP contribution is 2.53. The summed E-state index contributed by atoms with van der Waals surface area (Å²) in [5, 5.41) is 0. The van der Waals surface area contributed by atoms with Gasteiger partial charge in [-0.15, -0.1) is 11.8 Å². The number of pyridine rings is 1. The first-order valence-electron chi connectivity index (χ1n) is 12.7. The van der Waals surface area contributed by atoms with Crippen LogP contribution in [-0.4, -0.2) is 9.55 Å². The van der Waals surface area contributed by atoms with Gasteiger partial charge in [-0.2, -0.15) is 0 Å². The largest absolute Gasteiger partial charge is 0.342 e. The molecule has 3 heteroatoms. The Balaban J connectivity index is 1.58. The first-order valence-corrected chi connectivity index (χ1v) is 13.7. The predicted molar refractivity (Wildman–Crippen MR) is 148 cm³/mol. The number of hydrogen-bond donors (Lipinski definition) is 0. The summed E-state index contributed by atoms with van der Waals surface area (Å²) < 4.78 is 2.48. The van der Waals surface area contributed by atoms with Gasteiger partial charge in [0.25, 0.3) is 0 Å². The highest BCUT2D eigenvalue weighted by atomic mass is 32.2. The minimum absolute atomic E-state index is 0.197. The Morgan fingerprint density at radius 2 is 1.63 bits per heavy atom. The van der Waals surface area contributed by atoms with E-state index in [4.69, 9.17) is 0 Å². The zero-order valence-electron chi connectivity index (χ0n) is 21.5. The van der Waals surface area contributed by atoms with Crippen LogP contribution in [0.4, 0.5) is 0 Å². The molecule has 0 bridgehead atoms. The number of aromatic nitrogens is 2. The zero-order chi connectivity index (χ0) is 24.4. The van der Waals surface area contributed by atoms with Gasteiger partial charge in [-0.3, -0.25) is 4.98 Å². The standard InChI is InChI=1S/C32H34N2S/c1-21-8-10-23(11-9-21)25-19-34(18-22-7-6-14-33-17-22)30-24-15-27-28(16-29(24)35-20-26(25)30)32(4,5)13-12-31(27,2)3/h6-11,14-17,19H,12-13,18,20H2,1-5H3. The lowest BCUT2D eigenvalue weighted by Gasteiger charge is -2.42. The van der Waals surface area contributed by atoms with E-state index in [-0.39, 0.29) is 10.8 Å². The van der Waals surface area contributed by atoms with Gasteiger partial charge < -0.3 is 4.57 Å². The maximum absolute atomic E-state index is 4.39. The lowest BCUT2D eigenvalue weighted by atomic mass is 9.63. The third-order valence-corrected chi connectivity index (χ3v) is 9.28. The Morgan fingerprint density at radius 3 is 2.31 bits per heavy atom. The van der Waals surface area contributed by atoms with Gasteiger partial charge in [-0.05, 0) is 76.6 Å². The number of rotatable bonds is 3. The van der Waals surface area contributed by atoms with Crippen molar-refractivity contribution in [2.45, 2.75) is 75.5 Å². The first kappa shape index (κ1) is 22.7. The van der Waals surface area contributed by atoms with Crippen molar-refractivity contribution in [3.8, 4) is 22.4 Å². The monoisotopic (exact) mass is 478 g/mol. The second-order valence-electron chi connectivity index (χ2n) is 11.7. The third-order valence-electron chi connectivity index (χ3n) is 8.20. The molecule has 2 aliphatic rings. The highest BCUT2D eigenvalue weighted by molar-refractivity contribution is 7.98. The molecule has 2 aromatic carbocycles. The van der Waals surface area contributed by atoms with Crippen molar-refractivity contribution in [1.82, 2.24) is 9.55 Å². The number of benzene rings is 2. The second kappa shape index (κ2) is 8.13. The van der Waals surface area contributed by atoms with E-state index in [0.29, 0.717) is 0 Å². The van der Waals surface area contributed by atoms with Crippen LogP contribution in [0.3, 0.4) is 0 Å². The van der Waals surface area contributed by atoms with Gasteiger partial charge in [0.05, 0.1) is 5.69 Å². The molecule has 0 N–H and O–H groups in total. The average Bonchev–Trinajstić information content (AvgIpc) is 3.21. The summed E-state index contributed by atoms with van der Waals surface area (Å²) in [5.74, 6) is 1.01. The van der Waals surface area contributed by atoms with Crippen molar-refractivity contribution in [3.05, 3.63) is 94.9 Å². The molecule has 178 valence electrons. The topological polar surface area (TPSA) is 17.8 Å². The predicted octanol–water partition coefficient (Wildman–Crippen LogP) is 8.53. The van der Waals surface area contributed by atoms with Crippen LogP contribution >= 0.6 is 11.8 Å². The quantitative estimate of drug-likeness (QED) is 0.294. The van der Waals surface area contributed by atoms with E-state index in [1.165, 1.54) is 62.4 Å². The third kappa shape index (κ3) is 3.85. The van der Waals surface area contributed by atoms with E-state index in [1.54, 1.807) is 5.56 Å². The molecule has 35 heavy (non-hydrogen) atoms. The van der Waals surface area contributed by atoms with Gasteiger partial charge in [0.1, 0.15) is 0 Å². The van der Waals surface area contributed by atoms with Crippen molar-refractivity contribution >= 4 is 11.8 Å². The normalized spacial score (nSPS) is 17.4. The van der Waals surface area contributed by atoms with E-state index in [2.05, 4.69) is 92.8 Å². The number of nitrogens with zero attached hydrogens (tertiary/aromatic N) is 2. The van der Waals surface area contributed by atoms with E-state index >= 15 is 0 Å². The molecule has 2 aromatic heterocycles. The first-order chi connectivity index (χ1) is 16.7. The lowest BCUT2D eigenvalue weighted by molar-refractivity contribution is 0.331. The summed E-state index contributed by atoms with van der Waals surface area (Å²) in [5.41, 5.74) is 13.0. The molecule has 0 radical (unpaired) electrons. The van der Waals surface area contributed by atoms with Crippen LogP contribution in [0.15, 0.2) is 72.0 Å². The molecular formula is C32H34N2S. The number of aryl methyl sites for hydroxylation is 1. The minimum Gasteiger partial charge on any atom is -0.342 e. The Hall–Kier alpha value is -2.78. The molecule has 0 saturated heterocycles. The molecule has 1 aliphatic heterocycles. The van der Waals surface area contributed by atoms with Crippen molar-refractivity contribution in [2.75, 3.05) is 0 Å². The SMILES string of the molecule is Cc1ccc(-c2cn(Cc3cccnc3)c3c2CSc2cc4c(cc2-3)C(C)(C)CCC4(C)C)cc1. The van der Waals surface area contributed by atoms with Crippen LogP contribution in [0.25, 0.3) is 22.4 Å². The van der Waals surface area contributed by atoms with E-state index in [1.807, 2.05) is 30.2 Å². The van der Waals surface area contributed by atoms with Gasteiger partial charge in [-0.1, -0.05) is 63.6 Å². The fourth-order valence-electron chi connectivity index (χ4n) is 5.91. The Kier molecular flexibility index (Phi) is 5.27. The Bertz CT molecular complexity index is 1410. The lowest BCUT2D eigenvalue weighted by Crippen LogP contribution is -2.34. The molecule has 0 fully saturated rings. The zero-order valence-corrected chi connectivity index (χ0v) is 22.3. The molecule has 0 atom stereocenters. The molecule has 0 saturated carbocycles. The maximum atomic E-state index is 4.39. The van der Waals surface area contributed by atoms with Crippen LogP contribution in [0, 0.1) is 6.92 Å². The van der Waals surface area contributed by atoms with Crippen molar-refractivity contribution in [1.29, 1.82) is 0 Å². The van der Waals surface area contributed by atoms with Crippen molar-refractivity contribution in [2.24, 2.45) is 0 Å². The summed E-state index contributed by atoms with van der Waals surface area (Å²) in [4.78, 5) is 5.82. The molecule has 3 heterocycles. The summed E-state index contributed by atoms with van der Waals surface area (Å²) >= 11 is 2.01. The molecule has 4 aromatic rings. The van der Waals surface area contributed by atoms with Crippen LogP contribution in [-0.2, 0) is 23.1 Å². The molecule has 6 rings (SSSR count). The molecular weight excluding hydrogens is 444 g/mol.